The first-order valence-corrected chi connectivity index (χ1v) is 7.92. The summed E-state index contributed by atoms with van der Waals surface area (Å²) in [6, 6.07) is 7.22. The molecule has 1 aromatic rings. The monoisotopic (exact) mass is 293 g/mol. The van der Waals surface area contributed by atoms with Crippen LogP contribution in [0.1, 0.15) is 38.2 Å². The normalized spacial score (nSPS) is 23.9. The summed E-state index contributed by atoms with van der Waals surface area (Å²) < 4.78 is 5.78. The number of hydrogen-bond donors (Lipinski definition) is 3. The van der Waals surface area contributed by atoms with Crippen LogP contribution >= 0.6 is 0 Å². The van der Waals surface area contributed by atoms with Crippen molar-refractivity contribution in [2.24, 2.45) is 5.92 Å². The van der Waals surface area contributed by atoms with E-state index < -0.39 is 6.10 Å². The van der Waals surface area contributed by atoms with Gasteiger partial charge < -0.3 is 20.3 Å². The number of aromatic hydroxyl groups is 1. The highest BCUT2D eigenvalue weighted by atomic mass is 16.5. The van der Waals surface area contributed by atoms with Gasteiger partial charge in [0.25, 0.3) is 0 Å². The van der Waals surface area contributed by atoms with E-state index in [-0.39, 0.29) is 5.75 Å². The predicted octanol–water partition coefficient (Wildman–Crippen LogP) is 2.44. The van der Waals surface area contributed by atoms with Crippen molar-refractivity contribution >= 4 is 0 Å². The maximum absolute atomic E-state index is 9.93. The zero-order valence-corrected chi connectivity index (χ0v) is 12.8. The van der Waals surface area contributed by atoms with Crippen molar-refractivity contribution in [3.8, 4) is 5.75 Å². The third-order valence-corrected chi connectivity index (χ3v) is 4.17. The van der Waals surface area contributed by atoms with Gasteiger partial charge in [-0.15, -0.1) is 0 Å². The van der Waals surface area contributed by atoms with Crippen molar-refractivity contribution in [1.29, 1.82) is 0 Å². The highest BCUT2D eigenvalue weighted by Crippen LogP contribution is 2.25. The minimum Gasteiger partial charge on any atom is -0.508 e. The van der Waals surface area contributed by atoms with E-state index in [1.54, 1.807) is 12.1 Å². The van der Waals surface area contributed by atoms with E-state index in [2.05, 4.69) is 12.2 Å². The molecule has 1 aliphatic rings. The van der Waals surface area contributed by atoms with Crippen LogP contribution in [-0.2, 0) is 11.3 Å². The summed E-state index contributed by atoms with van der Waals surface area (Å²) in [4.78, 5) is 0. The molecule has 0 amide bonds. The molecule has 0 spiro atoms. The fourth-order valence-corrected chi connectivity index (χ4v) is 2.74. The molecule has 2 rings (SSSR count). The molecular formula is C17H27NO3. The average Bonchev–Trinajstić information content (AvgIpc) is 2.49. The van der Waals surface area contributed by atoms with Crippen LogP contribution in [-0.4, -0.2) is 35.6 Å². The number of aliphatic hydroxyl groups excluding tert-OH is 1. The van der Waals surface area contributed by atoms with Crippen LogP contribution in [0.4, 0.5) is 0 Å². The molecule has 1 atom stereocenters. The van der Waals surface area contributed by atoms with E-state index in [1.807, 2.05) is 12.1 Å². The van der Waals surface area contributed by atoms with Crippen molar-refractivity contribution in [1.82, 2.24) is 5.32 Å². The fourth-order valence-electron chi connectivity index (χ4n) is 2.74. The predicted molar refractivity (Wildman–Crippen MR) is 83.2 cm³/mol. The Bertz CT molecular complexity index is 416. The van der Waals surface area contributed by atoms with Crippen LogP contribution in [0.5, 0.6) is 5.75 Å². The molecule has 0 saturated heterocycles. The van der Waals surface area contributed by atoms with Crippen LogP contribution in [0, 0.1) is 5.92 Å². The van der Waals surface area contributed by atoms with Gasteiger partial charge in [0.05, 0.1) is 18.8 Å². The first-order chi connectivity index (χ1) is 10.1. The Morgan fingerprint density at radius 2 is 1.95 bits per heavy atom. The van der Waals surface area contributed by atoms with Gasteiger partial charge in [0.15, 0.2) is 0 Å². The number of rotatable bonds is 7. The van der Waals surface area contributed by atoms with Crippen molar-refractivity contribution < 1.29 is 14.9 Å². The summed E-state index contributed by atoms with van der Waals surface area (Å²) in [5, 5.41) is 22.7. The molecule has 0 aromatic heterocycles. The minimum atomic E-state index is -0.504. The fraction of sp³-hybridized carbons (Fsp3) is 0.647. The number of ether oxygens (including phenoxy) is 1. The smallest absolute Gasteiger partial charge is 0.120 e. The van der Waals surface area contributed by atoms with Gasteiger partial charge in [0.2, 0.25) is 0 Å². The maximum Gasteiger partial charge on any atom is 0.120 e. The number of phenols is 1. The molecule has 3 N–H and O–H groups in total. The average molecular weight is 293 g/mol. The van der Waals surface area contributed by atoms with Crippen LogP contribution in [0.3, 0.4) is 0 Å². The van der Waals surface area contributed by atoms with Crippen LogP contribution < -0.4 is 5.32 Å². The summed E-state index contributed by atoms with van der Waals surface area (Å²) in [6.45, 7) is 3.68. The lowest BCUT2D eigenvalue weighted by atomic mass is 9.89. The lowest BCUT2D eigenvalue weighted by Crippen LogP contribution is -2.32. The second-order valence-electron chi connectivity index (χ2n) is 6.13. The molecule has 1 saturated carbocycles. The zero-order valence-electron chi connectivity index (χ0n) is 12.8. The highest BCUT2D eigenvalue weighted by molar-refractivity contribution is 5.31. The summed E-state index contributed by atoms with van der Waals surface area (Å²) in [5.74, 6) is 1.10. The number of benzene rings is 1. The molecule has 1 aliphatic carbocycles. The van der Waals surface area contributed by atoms with E-state index in [0.717, 1.165) is 24.3 Å². The molecule has 4 heteroatoms. The van der Waals surface area contributed by atoms with Crippen LogP contribution in [0.25, 0.3) is 0 Å². The Hall–Kier alpha value is -1.10. The third kappa shape index (κ3) is 5.65. The lowest BCUT2D eigenvalue weighted by molar-refractivity contribution is -0.0278. The van der Waals surface area contributed by atoms with Crippen molar-refractivity contribution in [3.63, 3.8) is 0 Å². The van der Waals surface area contributed by atoms with E-state index in [4.69, 9.17) is 4.74 Å². The molecule has 1 fully saturated rings. The van der Waals surface area contributed by atoms with Crippen molar-refractivity contribution in [3.05, 3.63) is 29.8 Å². The van der Waals surface area contributed by atoms with Gasteiger partial charge in [-0.05, 0) is 37.7 Å². The molecular weight excluding hydrogens is 266 g/mol. The van der Waals surface area contributed by atoms with Gasteiger partial charge in [0, 0.05) is 18.7 Å². The Balaban J connectivity index is 1.59. The standard InChI is InChI=1S/C17H27NO3/c1-13-6-8-16(9-7-13)21-12-15(19)11-18-10-14-4-2-3-5-17(14)20/h2-5,13,15-16,18-20H,6-12H2,1H3. The van der Waals surface area contributed by atoms with Crippen LogP contribution in [0.15, 0.2) is 24.3 Å². The maximum atomic E-state index is 9.93. The molecule has 0 bridgehead atoms. The molecule has 1 unspecified atom stereocenters. The Labute approximate surface area is 127 Å². The summed E-state index contributed by atoms with van der Waals surface area (Å²) in [6.07, 6.45) is 4.49. The number of para-hydroxylation sites is 1. The topological polar surface area (TPSA) is 61.7 Å². The number of aliphatic hydroxyl groups is 1. The first-order valence-electron chi connectivity index (χ1n) is 7.92. The second-order valence-corrected chi connectivity index (χ2v) is 6.13. The molecule has 21 heavy (non-hydrogen) atoms. The SMILES string of the molecule is CC1CCC(OCC(O)CNCc2ccccc2O)CC1. The minimum absolute atomic E-state index is 0.284. The van der Waals surface area contributed by atoms with Crippen molar-refractivity contribution in [2.45, 2.75) is 51.4 Å². The zero-order chi connectivity index (χ0) is 15.1. The summed E-state index contributed by atoms with van der Waals surface area (Å²) >= 11 is 0. The number of phenolic OH excluding ortho intramolecular Hbond substituents is 1. The lowest BCUT2D eigenvalue weighted by Gasteiger charge is -2.27. The Kier molecular flexibility index (Phi) is 6.49. The van der Waals surface area contributed by atoms with Crippen LogP contribution in [0.2, 0.25) is 0 Å². The first kappa shape index (κ1) is 16.3. The number of nitrogens with one attached hydrogen (secondary N) is 1. The third-order valence-electron chi connectivity index (χ3n) is 4.17. The van der Waals surface area contributed by atoms with E-state index in [9.17, 15) is 10.2 Å². The molecule has 1 aromatic carbocycles. The van der Waals surface area contributed by atoms with Gasteiger partial charge in [-0.1, -0.05) is 25.1 Å². The molecule has 0 heterocycles. The van der Waals surface area contributed by atoms with E-state index >= 15 is 0 Å². The van der Waals surface area contributed by atoms with Gasteiger partial charge in [-0.3, -0.25) is 0 Å². The summed E-state index contributed by atoms with van der Waals surface area (Å²) in [5.41, 5.74) is 0.840. The Morgan fingerprint density at radius 1 is 1.24 bits per heavy atom. The summed E-state index contributed by atoms with van der Waals surface area (Å²) in [7, 11) is 0. The van der Waals surface area contributed by atoms with E-state index in [1.165, 1.54) is 12.8 Å². The van der Waals surface area contributed by atoms with Gasteiger partial charge in [-0.25, -0.2) is 0 Å². The number of hydrogen-bond acceptors (Lipinski definition) is 4. The van der Waals surface area contributed by atoms with Gasteiger partial charge in [0.1, 0.15) is 5.75 Å². The molecule has 0 radical (unpaired) electrons. The highest BCUT2D eigenvalue weighted by Gasteiger charge is 2.19. The molecule has 0 aliphatic heterocycles. The van der Waals surface area contributed by atoms with Crippen molar-refractivity contribution in [2.75, 3.05) is 13.2 Å². The van der Waals surface area contributed by atoms with Gasteiger partial charge >= 0.3 is 0 Å². The largest absolute Gasteiger partial charge is 0.508 e. The van der Waals surface area contributed by atoms with Gasteiger partial charge in [-0.2, -0.15) is 0 Å². The molecule has 4 nitrogen and oxygen atoms in total. The second kappa shape index (κ2) is 8.37. The Morgan fingerprint density at radius 3 is 2.67 bits per heavy atom. The quantitative estimate of drug-likeness (QED) is 0.722. The molecule has 118 valence electrons. The van der Waals surface area contributed by atoms with E-state index in [0.29, 0.717) is 25.8 Å².